The normalized spacial score (nSPS) is 12.2. The molecule has 0 heterocycles. The van der Waals surface area contributed by atoms with Crippen LogP contribution in [-0.2, 0) is 26.2 Å². The Morgan fingerprint density at radius 3 is 2.41 bits per heavy atom. The van der Waals surface area contributed by atoms with E-state index in [4.69, 9.17) is 23.2 Å². The molecular formula is C27H31Cl2N3O4S. The highest BCUT2D eigenvalue weighted by molar-refractivity contribution is 7.92. The molecule has 3 aromatic carbocycles. The SMILES string of the molecule is CCCCNC(=O)[C@H](C)N(Cc1ccc(Cl)cc1Cl)C(=O)CN(c1cccc2ccccc12)S(C)(=O)=O. The molecule has 0 saturated heterocycles. The molecule has 198 valence electrons. The summed E-state index contributed by atoms with van der Waals surface area (Å²) in [6, 6.07) is 16.7. The lowest BCUT2D eigenvalue weighted by Gasteiger charge is -2.32. The van der Waals surface area contributed by atoms with Gasteiger partial charge in [-0.25, -0.2) is 8.42 Å². The predicted octanol–water partition coefficient (Wildman–Crippen LogP) is 5.25. The molecule has 1 N–H and O–H groups in total. The number of unbranched alkanes of at least 4 members (excludes halogenated alkanes) is 1. The number of fused-ring (bicyclic) bond motifs is 1. The summed E-state index contributed by atoms with van der Waals surface area (Å²) >= 11 is 12.4. The van der Waals surface area contributed by atoms with Crippen LogP contribution < -0.4 is 9.62 Å². The highest BCUT2D eigenvalue weighted by Crippen LogP contribution is 2.29. The summed E-state index contributed by atoms with van der Waals surface area (Å²) in [5, 5.41) is 5.17. The zero-order valence-corrected chi connectivity index (χ0v) is 23.4. The minimum Gasteiger partial charge on any atom is -0.354 e. The zero-order chi connectivity index (χ0) is 27.2. The summed E-state index contributed by atoms with van der Waals surface area (Å²) in [4.78, 5) is 28.0. The number of sulfonamides is 1. The van der Waals surface area contributed by atoms with E-state index in [1.165, 1.54) is 4.90 Å². The van der Waals surface area contributed by atoms with E-state index in [9.17, 15) is 18.0 Å². The third-order valence-corrected chi connectivity index (χ3v) is 7.78. The van der Waals surface area contributed by atoms with Crippen LogP contribution in [-0.4, -0.2) is 50.5 Å². The number of hydrogen-bond donors (Lipinski definition) is 1. The van der Waals surface area contributed by atoms with Gasteiger partial charge in [0.1, 0.15) is 12.6 Å². The number of hydrogen-bond acceptors (Lipinski definition) is 4. The van der Waals surface area contributed by atoms with E-state index in [2.05, 4.69) is 5.32 Å². The second-order valence-corrected chi connectivity index (χ2v) is 11.6. The van der Waals surface area contributed by atoms with Gasteiger partial charge in [-0.1, -0.05) is 79.0 Å². The van der Waals surface area contributed by atoms with Crippen molar-refractivity contribution in [3.05, 3.63) is 76.3 Å². The van der Waals surface area contributed by atoms with Crippen molar-refractivity contribution in [3.8, 4) is 0 Å². The van der Waals surface area contributed by atoms with Crippen molar-refractivity contribution in [2.75, 3.05) is 23.7 Å². The highest BCUT2D eigenvalue weighted by atomic mass is 35.5. The third-order valence-electron chi connectivity index (χ3n) is 6.07. The van der Waals surface area contributed by atoms with Crippen LogP contribution in [0.3, 0.4) is 0 Å². The summed E-state index contributed by atoms with van der Waals surface area (Å²) in [6.07, 6.45) is 2.77. The molecule has 0 aromatic heterocycles. The fourth-order valence-electron chi connectivity index (χ4n) is 3.97. The molecule has 7 nitrogen and oxygen atoms in total. The Morgan fingerprint density at radius 1 is 1.03 bits per heavy atom. The van der Waals surface area contributed by atoms with Gasteiger partial charge in [0.05, 0.1) is 11.9 Å². The van der Waals surface area contributed by atoms with Gasteiger partial charge in [-0.3, -0.25) is 13.9 Å². The molecule has 37 heavy (non-hydrogen) atoms. The average Bonchev–Trinajstić information content (AvgIpc) is 2.85. The average molecular weight is 565 g/mol. The number of amides is 2. The van der Waals surface area contributed by atoms with Gasteiger partial charge in [0, 0.05) is 28.5 Å². The Morgan fingerprint density at radius 2 is 1.73 bits per heavy atom. The maximum atomic E-state index is 13.7. The third kappa shape index (κ3) is 7.37. The van der Waals surface area contributed by atoms with Crippen LogP contribution in [0.4, 0.5) is 5.69 Å². The Hall–Kier alpha value is -2.81. The van der Waals surface area contributed by atoms with E-state index in [1.54, 1.807) is 37.3 Å². The summed E-state index contributed by atoms with van der Waals surface area (Å²) in [5.74, 6) is -0.870. The van der Waals surface area contributed by atoms with Crippen molar-refractivity contribution in [2.45, 2.75) is 39.3 Å². The van der Waals surface area contributed by atoms with Crippen LogP contribution in [0.25, 0.3) is 10.8 Å². The van der Waals surface area contributed by atoms with Crippen LogP contribution in [0.5, 0.6) is 0 Å². The van der Waals surface area contributed by atoms with Gasteiger partial charge in [-0.2, -0.15) is 0 Å². The van der Waals surface area contributed by atoms with Gasteiger partial charge in [-0.05, 0) is 42.5 Å². The number of carbonyl (C=O) groups is 2. The molecule has 0 radical (unpaired) electrons. The lowest BCUT2D eigenvalue weighted by atomic mass is 10.1. The molecule has 3 aromatic rings. The molecule has 0 aliphatic carbocycles. The smallest absolute Gasteiger partial charge is 0.244 e. The number of benzene rings is 3. The number of nitrogens with one attached hydrogen (secondary N) is 1. The molecule has 3 rings (SSSR count). The Balaban J connectivity index is 1.98. The van der Waals surface area contributed by atoms with E-state index in [0.29, 0.717) is 33.2 Å². The van der Waals surface area contributed by atoms with Gasteiger partial charge in [-0.15, -0.1) is 0 Å². The second-order valence-electron chi connectivity index (χ2n) is 8.85. The van der Waals surface area contributed by atoms with Crippen molar-refractivity contribution in [1.82, 2.24) is 10.2 Å². The maximum Gasteiger partial charge on any atom is 0.244 e. The van der Waals surface area contributed by atoms with E-state index in [0.717, 1.165) is 28.8 Å². The van der Waals surface area contributed by atoms with Crippen LogP contribution >= 0.6 is 23.2 Å². The van der Waals surface area contributed by atoms with Crippen LogP contribution in [0.15, 0.2) is 60.7 Å². The molecule has 0 bridgehead atoms. The minimum atomic E-state index is -3.85. The lowest BCUT2D eigenvalue weighted by molar-refractivity contribution is -0.139. The van der Waals surface area contributed by atoms with Gasteiger partial charge in [0.15, 0.2) is 0 Å². The summed E-state index contributed by atoms with van der Waals surface area (Å²) in [5.41, 5.74) is 0.974. The number of rotatable bonds is 11. The Kier molecular flexibility index (Phi) is 9.81. The summed E-state index contributed by atoms with van der Waals surface area (Å²) < 4.78 is 26.9. The number of anilines is 1. The van der Waals surface area contributed by atoms with Gasteiger partial charge in [0.25, 0.3) is 0 Å². The fraction of sp³-hybridized carbons (Fsp3) is 0.333. The van der Waals surface area contributed by atoms with Gasteiger partial charge < -0.3 is 10.2 Å². The quantitative estimate of drug-likeness (QED) is 0.323. The van der Waals surface area contributed by atoms with Crippen molar-refractivity contribution in [1.29, 1.82) is 0 Å². The maximum absolute atomic E-state index is 13.7. The molecule has 1 atom stereocenters. The molecule has 0 aliphatic rings. The van der Waals surface area contributed by atoms with Crippen molar-refractivity contribution in [3.63, 3.8) is 0 Å². The molecule has 0 unspecified atom stereocenters. The highest BCUT2D eigenvalue weighted by Gasteiger charge is 2.31. The Bertz CT molecular complexity index is 1380. The van der Waals surface area contributed by atoms with Crippen molar-refractivity contribution < 1.29 is 18.0 Å². The molecule has 10 heteroatoms. The minimum absolute atomic E-state index is 0.00430. The molecule has 0 spiro atoms. The zero-order valence-electron chi connectivity index (χ0n) is 21.1. The summed E-state index contributed by atoms with van der Waals surface area (Å²) in [6.45, 7) is 3.64. The first-order valence-electron chi connectivity index (χ1n) is 12.0. The van der Waals surface area contributed by atoms with E-state index < -0.39 is 28.5 Å². The lowest BCUT2D eigenvalue weighted by Crippen LogP contribution is -2.51. The van der Waals surface area contributed by atoms with E-state index >= 15 is 0 Å². The molecule has 0 fully saturated rings. The van der Waals surface area contributed by atoms with Crippen LogP contribution in [0.2, 0.25) is 10.0 Å². The predicted molar refractivity (Wildman–Crippen MR) is 151 cm³/mol. The number of nitrogens with zero attached hydrogens (tertiary/aromatic N) is 2. The van der Waals surface area contributed by atoms with Crippen LogP contribution in [0.1, 0.15) is 32.3 Å². The molecule has 0 saturated carbocycles. The number of halogens is 2. The molecule has 0 aliphatic heterocycles. The first-order valence-corrected chi connectivity index (χ1v) is 14.6. The van der Waals surface area contributed by atoms with E-state index in [-0.39, 0.29) is 12.5 Å². The van der Waals surface area contributed by atoms with Crippen molar-refractivity contribution in [2.24, 2.45) is 0 Å². The van der Waals surface area contributed by atoms with Gasteiger partial charge >= 0.3 is 0 Å². The standard InChI is InChI=1S/C27H31Cl2N3O4S/c1-4-5-15-30-27(34)19(2)31(17-21-13-14-22(28)16-24(21)29)26(33)18-32(37(3,35)36)25-12-8-10-20-9-6-7-11-23(20)25/h6-14,16,19H,4-5,15,17-18H2,1-3H3,(H,30,34)/t19-/m0/s1. The first-order chi connectivity index (χ1) is 17.5. The second kappa shape index (κ2) is 12.6. The molecular weight excluding hydrogens is 533 g/mol. The topological polar surface area (TPSA) is 86.8 Å². The van der Waals surface area contributed by atoms with Crippen molar-refractivity contribution >= 4 is 61.5 Å². The fourth-order valence-corrected chi connectivity index (χ4v) is 5.30. The monoisotopic (exact) mass is 563 g/mol. The first kappa shape index (κ1) is 28.8. The summed E-state index contributed by atoms with van der Waals surface area (Å²) in [7, 11) is -3.85. The van der Waals surface area contributed by atoms with Crippen LogP contribution in [0, 0.1) is 0 Å². The van der Waals surface area contributed by atoms with E-state index in [1.807, 2.05) is 37.3 Å². The molecule has 2 amide bonds. The largest absolute Gasteiger partial charge is 0.354 e. The van der Waals surface area contributed by atoms with Gasteiger partial charge in [0.2, 0.25) is 21.8 Å². The number of carbonyl (C=O) groups excluding carboxylic acids is 2. The Labute approximate surface area is 228 Å².